The van der Waals surface area contributed by atoms with Crippen LogP contribution in [-0.2, 0) is 13.5 Å². The molecule has 0 radical (unpaired) electrons. The Bertz CT molecular complexity index is 485. The lowest BCUT2D eigenvalue weighted by molar-refractivity contribution is 0.563. The minimum atomic E-state index is 0.565. The Hall–Kier alpha value is -1.35. The second kappa shape index (κ2) is 5.32. The van der Waals surface area contributed by atoms with E-state index < -0.39 is 0 Å². The second-order valence-electron chi connectivity index (χ2n) is 4.79. The van der Waals surface area contributed by atoms with Gasteiger partial charge in [-0.1, -0.05) is 26.0 Å². The molecule has 0 fully saturated rings. The van der Waals surface area contributed by atoms with E-state index in [1.807, 2.05) is 6.07 Å². The molecular weight excluding hydrogens is 210 g/mol. The van der Waals surface area contributed by atoms with E-state index in [-0.39, 0.29) is 0 Å². The third-order valence-corrected chi connectivity index (χ3v) is 3.01. The van der Waals surface area contributed by atoms with E-state index in [2.05, 4.69) is 54.0 Å². The van der Waals surface area contributed by atoms with Crippen molar-refractivity contribution >= 4 is 11.0 Å². The number of aryl methyl sites for hydroxylation is 2. The van der Waals surface area contributed by atoms with Gasteiger partial charge in [-0.3, -0.25) is 0 Å². The molecule has 0 aliphatic rings. The van der Waals surface area contributed by atoms with E-state index in [9.17, 15) is 0 Å². The van der Waals surface area contributed by atoms with Gasteiger partial charge in [-0.2, -0.15) is 0 Å². The molecule has 1 aromatic carbocycles. The van der Waals surface area contributed by atoms with Crippen LogP contribution in [-0.4, -0.2) is 22.1 Å². The number of rotatable bonds is 5. The maximum absolute atomic E-state index is 4.66. The molecule has 92 valence electrons. The van der Waals surface area contributed by atoms with Gasteiger partial charge in [0.05, 0.1) is 11.0 Å². The fourth-order valence-corrected chi connectivity index (χ4v) is 2.06. The van der Waals surface area contributed by atoms with Crippen LogP contribution in [0, 0.1) is 0 Å². The normalized spacial score (nSPS) is 11.5. The smallest absolute Gasteiger partial charge is 0.109 e. The number of para-hydroxylation sites is 2. The first-order valence-electron chi connectivity index (χ1n) is 6.32. The summed E-state index contributed by atoms with van der Waals surface area (Å²) in [6, 6.07) is 8.87. The minimum Gasteiger partial charge on any atom is -0.331 e. The van der Waals surface area contributed by atoms with E-state index in [0.717, 1.165) is 24.9 Å². The van der Waals surface area contributed by atoms with Crippen LogP contribution in [0.25, 0.3) is 11.0 Å². The highest BCUT2D eigenvalue weighted by atomic mass is 15.1. The van der Waals surface area contributed by atoms with Crippen molar-refractivity contribution in [3.63, 3.8) is 0 Å². The quantitative estimate of drug-likeness (QED) is 0.801. The third-order valence-electron chi connectivity index (χ3n) is 3.01. The summed E-state index contributed by atoms with van der Waals surface area (Å²) in [5.74, 6) is 1.18. The Labute approximate surface area is 103 Å². The average molecular weight is 231 g/mol. The molecule has 0 unspecified atom stereocenters. The molecule has 0 bridgehead atoms. The van der Waals surface area contributed by atoms with Gasteiger partial charge in [-0.05, 0) is 25.1 Å². The number of hydrogen-bond acceptors (Lipinski definition) is 2. The number of aromatic nitrogens is 2. The molecule has 3 nitrogen and oxygen atoms in total. The van der Waals surface area contributed by atoms with Gasteiger partial charge in [-0.25, -0.2) is 4.98 Å². The number of hydrogen-bond donors (Lipinski definition) is 1. The van der Waals surface area contributed by atoms with Gasteiger partial charge in [0, 0.05) is 19.5 Å². The average Bonchev–Trinajstić information content (AvgIpc) is 2.63. The fraction of sp³-hybridized carbons (Fsp3) is 0.500. The van der Waals surface area contributed by atoms with Crippen molar-refractivity contribution < 1.29 is 0 Å². The summed E-state index contributed by atoms with van der Waals surface area (Å²) < 4.78 is 2.20. The van der Waals surface area contributed by atoms with E-state index in [1.165, 1.54) is 11.3 Å². The lowest BCUT2D eigenvalue weighted by Gasteiger charge is -2.07. The van der Waals surface area contributed by atoms with E-state index in [1.54, 1.807) is 0 Å². The molecule has 0 aliphatic carbocycles. The van der Waals surface area contributed by atoms with Gasteiger partial charge >= 0.3 is 0 Å². The first kappa shape index (κ1) is 12.1. The molecule has 1 N–H and O–H groups in total. The van der Waals surface area contributed by atoms with Crippen LogP contribution in [0.15, 0.2) is 24.3 Å². The van der Waals surface area contributed by atoms with Crippen LogP contribution in [0.5, 0.6) is 0 Å². The fourth-order valence-electron chi connectivity index (χ4n) is 2.06. The summed E-state index contributed by atoms with van der Waals surface area (Å²) in [6.45, 7) is 5.41. The monoisotopic (exact) mass is 231 g/mol. The number of fused-ring (bicyclic) bond motifs is 1. The molecule has 0 spiro atoms. The van der Waals surface area contributed by atoms with E-state index in [4.69, 9.17) is 0 Å². The maximum atomic E-state index is 4.66. The standard InChI is InChI=1S/C14H21N3/c1-11(2)15-10-6-9-14-16-12-7-4-5-8-13(12)17(14)3/h4-5,7-8,11,15H,6,9-10H2,1-3H3. The van der Waals surface area contributed by atoms with Crippen molar-refractivity contribution in [2.24, 2.45) is 7.05 Å². The van der Waals surface area contributed by atoms with Gasteiger partial charge in [-0.15, -0.1) is 0 Å². The van der Waals surface area contributed by atoms with Crippen molar-refractivity contribution in [1.29, 1.82) is 0 Å². The van der Waals surface area contributed by atoms with Gasteiger partial charge in [0.1, 0.15) is 5.82 Å². The summed E-state index contributed by atoms with van der Waals surface area (Å²) in [5.41, 5.74) is 2.32. The molecule has 2 aromatic rings. The topological polar surface area (TPSA) is 29.9 Å². The Morgan fingerprint density at radius 1 is 1.29 bits per heavy atom. The summed E-state index contributed by atoms with van der Waals surface area (Å²) in [7, 11) is 2.10. The summed E-state index contributed by atoms with van der Waals surface area (Å²) in [4.78, 5) is 4.66. The lowest BCUT2D eigenvalue weighted by Crippen LogP contribution is -2.24. The van der Waals surface area contributed by atoms with Crippen molar-refractivity contribution in [3.8, 4) is 0 Å². The molecule has 3 heteroatoms. The highest BCUT2D eigenvalue weighted by molar-refractivity contribution is 5.75. The molecule has 0 saturated carbocycles. The Morgan fingerprint density at radius 2 is 2.06 bits per heavy atom. The predicted octanol–water partition coefficient (Wildman–Crippen LogP) is 2.50. The highest BCUT2D eigenvalue weighted by Gasteiger charge is 2.06. The van der Waals surface area contributed by atoms with Gasteiger partial charge in [0.15, 0.2) is 0 Å². The second-order valence-corrected chi connectivity index (χ2v) is 4.79. The van der Waals surface area contributed by atoms with Gasteiger partial charge in [0.2, 0.25) is 0 Å². The summed E-state index contributed by atoms with van der Waals surface area (Å²) in [6.07, 6.45) is 2.17. The molecule has 0 amide bonds. The molecule has 0 saturated heterocycles. The number of nitrogens with one attached hydrogen (secondary N) is 1. The van der Waals surface area contributed by atoms with Crippen molar-refractivity contribution in [3.05, 3.63) is 30.1 Å². The third kappa shape index (κ3) is 2.86. The number of nitrogens with zero attached hydrogens (tertiary/aromatic N) is 2. The lowest BCUT2D eigenvalue weighted by atomic mass is 10.3. The van der Waals surface area contributed by atoms with E-state index in [0.29, 0.717) is 6.04 Å². The Balaban J connectivity index is 2.01. The highest BCUT2D eigenvalue weighted by Crippen LogP contribution is 2.14. The van der Waals surface area contributed by atoms with Crippen molar-refractivity contribution in [2.75, 3.05) is 6.54 Å². The largest absolute Gasteiger partial charge is 0.331 e. The van der Waals surface area contributed by atoms with E-state index >= 15 is 0 Å². The summed E-state index contributed by atoms with van der Waals surface area (Å²) in [5, 5.41) is 3.43. The number of imidazole rings is 1. The molecular formula is C14H21N3. The first-order valence-corrected chi connectivity index (χ1v) is 6.32. The van der Waals surface area contributed by atoms with Crippen LogP contribution in [0.2, 0.25) is 0 Å². The molecule has 1 heterocycles. The minimum absolute atomic E-state index is 0.565. The van der Waals surface area contributed by atoms with Crippen LogP contribution in [0.4, 0.5) is 0 Å². The molecule has 0 atom stereocenters. The van der Waals surface area contributed by atoms with Gasteiger partial charge in [0.25, 0.3) is 0 Å². The SMILES string of the molecule is CC(C)NCCCc1nc2ccccc2n1C. The zero-order valence-electron chi connectivity index (χ0n) is 10.9. The Morgan fingerprint density at radius 3 is 2.76 bits per heavy atom. The zero-order chi connectivity index (χ0) is 12.3. The van der Waals surface area contributed by atoms with Crippen LogP contribution < -0.4 is 5.32 Å². The van der Waals surface area contributed by atoms with Crippen molar-refractivity contribution in [1.82, 2.24) is 14.9 Å². The maximum Gasteiger partial charge on any atom is 0.109 e. The van der Waals surface area contributed by atoms with Crippen LogP contribution in [0.1, 0.15) is 26.1 Å². The molecule has 17 heavy (non-hydrogen) atoms. The van der Waals surface area contributed by atoms with Crippen molar-refractivity contribution in [2.45, 2.75) is 32.7 Å². The molecule has 2 rings (SSSR count). The Kier molecular flexibility index (Phi) is 3.79. The van der Waals surface area contributed by atoms with Gasteiger partial charge < -0.3 is 9.88 Å². The van der Waals surface area contributed by atoms with Crippen LogP contribution in [0.3, 0.4) is 0 Å². The molecule has 0 aliphatic heterocycles. The van der Waals surface area contributed by atoms with Crippen LogP contribution >= 0.6 is 0 Å². The zero-order valence-corrected chi connectivity index (χ0v) is 10.9. The molecule has 1 aromatic heterocycles. The summed E-state index contributed by atoms with van der Waals surface area (Å²) >= 11 is 0. The number of benzene rings is 1. The predicted molar refractivity (Wildman–Crippen MR) is 72.2 cm³/mol. The first-order chi connectivity index (χ1) is 8.18.